The summed E-state index contributed by atoms with van der Waals surface area (Å²) in [5.41, 5.74) is 2.62. The van der Waals surface area contributed by atoms with Crippen LogP contribution in [0.15, 0.2) is 18.2 Å². The highest BCUT2D eigenvalue weighted by Gasteiger charge is 2.24. The number of nitrogens with one attached hydrogen (secondary N) is 2. The van der Waals surface area contributed by atoms with Gasteiger partial charge in [-0.25, -0.2) is 0 Å². The number of amides is 1. The van der Waals surface area contributed by atoms with Crippen LogP contribution >= 0.6 is 0 Å². The molecule has 1 aromatic carbocycles. The summed E-state index contributed by atoms with van der Waals surface area (Å²) in [7, 11) is 1.86. The zero-order valence-corrected chi connectivity index (χ0v) is 12.3. The van der Waals surface area contributed by atoms with E-state index in [0.29, 0.717) is 5.56 Å². The normalized spacial score (nSPS) is 22.9. The smallest absolute Gasteiger partial charge is 0.251 e. The molecule has 0 bridgehead atoms. The summed E-state index contributed by atoms with van der Waals surface area (Å²) < 4.78 is 0. The van der Waals surface area contributed by atoms with Crippen molar-refractivity contribution in [3.8, 4) is 0 Å². The summed E-state index contributed by atoms with van der Waals surface area (Å²) in [4.78, 5) is 12.3. The number of hydrogen-bond acceptors (Lipinski definition) is 3. The molecular weight excluding hydrogens is 252 g/mol. The third kappa shape index (κ3) is 3.51. The molecule has 0 saturated heterocycles. The first kappa shape index (κ1) is 14.9. The van der Waals surface area contributed by atoms with Gasteiger partial charge in [0.2, 0.25) is 0 Å². The maximum atomic E-state index is 12.3. The largest absolute Gasteiger partial charge is 0.391 e. The topological polar surface area (TPSA) is 61.4 Å². The van der Waals surface area contributed by atoms with Gasteiger partial charge in [0.15, 0.2) is 0 Å². The standard InChI is InChI=1S/C16H24N2O2/c1-11-10-12(17-2)8-9-13(11)16(20)18-14-6-4-3-5-7-15(14)19/h8-10,14-15,17,19H,3-7H2,1-2H3,(H,18,20). The molecule has 1 aliphatic carbocycles. The Morgan fingerprint density at radius 2 is 2.00 bits per heavy atom. The lowest BCUT2D eigenvalue weighted by molar-refractivity contribution is 0.0818. The van der Waals surface area contributed by atoms with Crippen LogP contribution in [0, 0.1) is 6.92 Å². The van der Waals surface area contributed by atoms with Crippen LogP contribution in [-0.2, 0) is 0 Å². The molecule has 0 aromatic heterocycles. The van der Waals surface area contributed by atoms with Crippen molar-refractivity contribution >= 4 is 11.6 Å². The van der Waals surface area contributed by atoms with Crippen molar-refractivity contribution in [3.05, 3.63) is 29.3 Å². The molecule has 4 nitrogen and oxygen atoms in total. The number of aliphatic hydroxyl groups excluding tert-OH is 1. The molecule has 0 aliphatic heterocycles. The Hall–Kier alpha value is -1.55. The fraction of sp³-hybridized carbons (Fsp3) is 0.562. The molecule has 1 amide bonds. The van der Waals surface area contributed by atoms with Crippen LogP contribution in [0.1, 0.15) is 48.0 Å². The summed E-state index contributed by atoms with van der Waals surface area (Å²) in [6.45, 7) is 1.93. The van der Waals surface area contributed by atoms with E-state index in [4.69, 9.17) is 0 Å². The van der Waals surface area contributed by atoms with E-state index in [2.05, 4.69) is 10.6 Å². The Bertz CT molecular complexity index is 474. The third-order valence-corrected chi connectivity index (χ3v) is 4.06. The zero-order chi connectivity index (χ0) is 14.5. The highest BCUT2D eigenvalue weighted by Crippen LogP contribution is 2.20. The van der Waals surface area contributed by atoms with Gasteiger partial charge in [0.25, 0.3) is 5.91 Å². The van der Waals surface area contributed by atoms with E-state index in [1.807, 2.05) is 32.2 Å². The van der Waals surface area contributed by atoms with E-state index in [1.54, 1.807) is 0 Å². The first-order chi connectivity index (χ1) is 9.61. The number of benzene rings is 1. The first-order valence-corrected chi connectivity index (χ1v) is 7.39. The van der Waals surface area contributed by atoms with Gasteiger partial charge in [0, 0.05) is 18.3 Å². The highest BCUT2D eigenvalue weighted by molar-refractivity contribution is 5.96. The van der Waals surface area contributed by atoms with Crippen LogP contribution in [0.2, 0.25) is 0 Å². The van der Waals surface area contributed by atoms with E-state index in [9.17, 15) is 9.90 Å². The number of rotatable bonds is 3. The lowest BCUT2D eigenvalue weighted by Crippen LogP contribution is -2.42. The van der Waals surface area contributed by atoms with Crippen LogP contribution in [0.4, 0.5) is 5.69 Å². The van der Waals surface area contributed by atoms with Gasteiger partial charge in [-0.05, 0) is 43.5 Å². The van der Waals surface area contributed by atoms with Crippen LogP contribution in [0.3, 0.4) is 0 Å². The molecule has 2 atom stereocenters. The van der Waals surface area contributed by atoms with Crippen molar-refractivity contribution in [1.29, 1.82) is 0 Å². The van der Waals surface area contributed by atoms with E-state index in [1.165, 1.54) is 0 Å². The summed E-state index contributed by atoms with van der Waals surface area (Å²) in [6, 6.07) is 5.57. The van der Waals surface area contributed by atoms with Gasteiger partial charge in [-0.2, -0.15) is 0 Å². The number of aryl methyl sites for hydroxylation is 1. The first-order valence-electron chi connectivity index (χ1n) is 7.39. The maximum Gasteiger partial charge on any atom is 0.251 e. The second-order valence-corrected chi connectivity index (χ2v) is 5.57. The molecule has 4 heteroatoms. The molecular formula is C16H24N2O2. The molecule has 1 aliphatic rings. The minimum atomic E-state index is -0.418. The van der Waals surface area contributed by atoms with Gasteiger partial charge < -0.3 is 15.7 Å². The lowest BCUT2D eigenvalue weighted by atomic mass is 10.0. The zero-order valence-electron chi connectivity index (χ0n) is 12.3. The van der Waals surface area contributed by atoms with Crippen LogP contribution < -0.4 is 10.6 Å². The molecule has 3 N–H and O–H groups in total. The molecule has 0 radical (unpaired) electrons. The quantitative estimate of drug-likeness (QED) is 0.743. The molecule has 0 spiro atoms. The van der Waals surface area contributed by atoms with Gasteiger partial charge in [-0.1, -0.05) is 19.3 Å². The minimum absolute atomic E-state index is 0.0869. The molecule has 110 valence electrons. The Kier molecular flexibility index (Phi) is 5.01. The second-order valence-electron chi connectivity index (χ2n) is 5.57. The molecule has 0 heterocycles. The summed E-state index contributed by atoms with van der Waals surface area (Å²) in [5.74, 6) is -0.0869. The van der Waals surface area contributed by atoms with Crippen molar-refractivity contribution < 1.29 is 9.90 Å². The second kappa shape index (κ2) is 6.75. The number of carbonyl (C=O) groups excluding carboxylic acids is 1. The average molecular weight is 276 g/mol. The van der Waals surface area contributed by atoms with Gasteiger partial charge in [0.1, 0.15) is 0 Å². The van der Waals surface area contributed by atoms with Crippen molar-refractivity contribution in [1.82, 2.24) is 5.32 Å². The molecule has 1 saturated carbocycles. The molecule has 2 rings (SSSR count). The maximum absolute atomic E-state index is 12.3. The predicted octanol–water partition coefficient (Wildman–Crippen LogP) is 2.46. The SMILES string of the molecule is CNc1ccc(C(=O)NC2CCCCCC2O)c(C)c1. The Labute approximate surface area is 120 Å². The van der Waals surface area contributed by atoms with E-state index in [-0.39, 0.29) is 11.9 Å². The van der Waals surface area contributed by atoms with Crippen molar-refractivity contribution in [3.63, 3.8) is 0 Å². The predicted molar refractivity (Wildman–Crippen MR) is 81.1 cm³/mol. The number of anilines is 1. The summed E-state index contributed by atoms with van der Waals surface area (Å²) in [5, 5.41) is 16.1. The fourth-order valence-corrected chi connectivity index (χ4v) is 2.78. The Morgan fingerprint density at radius 3 is 2.70 bits per heavy atom. The van der Waals surface area contributed by atoms with Crippen LogP contribution in [0.5, 0.6) is 0 Å². The Balaban J connectivity index is 2.07. The van der Waals surface area contributed by atoms with Crippen LogP contribution in [-0.4, -0.2) is 30.2 Å². The number of hydrogen-bond donors (Lipinski definition) is 3. The van der Waals surface area contributed by atoms with Gasteiger partial charge in [0.05, 0.1) is 12.1 Å². The van der Waals surface area contributed by atoms with E-state index >= 15 is 0 Å². The summed E-state index contributed by atoms with van der Waals surface area (Å²) >= 11 is 0. The summed E-state index contributed by atoms with van der Waals surface area (Å²) in [6.07, 6.45) is 4.48. The molecule has 1 fully saturated rings. The number of aliphatic hydroxyl groups is 1. The fourth-order valence-electron chi connectivity index (χ4n) is 2.78. The van der Waals surface area contributed by atoms with Crippen molar-refractivity contribution in [2.75, 3.05) is 12.4 Å². The Morgan fingerprint density at radius 1 is 1.25 bits per heavy atom. The average Bonchev–Trinajstić information content (AvgIpc) is 2.64. The van der Waals surface area contributed by atoms with Gasteiger partial charge in [-0.3, -0.25) is 4.79 Å². The van der Waals surface area contributed by atoms with Gasteiger partial charge in [-0.15, -0.1) is 0 Å². The van der Waals surface area contributed by atoms with Crippen molar-refractivity contribution in [2.45, 2.75) is 51.2 Å². The van der Waals surface area contributed by atoms with Crippen molar-refractivity contribution in [2.24, 2.45) is 0 Å². The monoisotopic (exact) mass is 276 g/mol. The third-order valence-electron chi connectivity index (χ3n) is 4.06. The lowest BCUT2D eigenvalue weighted by Gasteiger charge is -2.22. The minimum Gasteiger partial charge on any atom is -0.391 e. The molecule has 2 unspecified atom stereocenters. The van der Waals surface area contributed by atoms with E-state index < -0.39 is 6.10 Å². The van der Waals surface area contributed by atoms with Gasteiger partial charge >= 0.3 is 0 Å². The highest BCUT2D eigenvalue weighted by atomic mass is 16.3. The van der Waals surface area contributed by atoms with E-state index in [0.717, 1.165) is 43.4 Å². The number of carbonyl (C=O) groups is 1. The molecule has 1 aromatic rings. The molecule has 20 heavy (non-hydrogen) atoms. The van der Waals surface area contributed by atoms with Crippen LogP contribution in [0.25, 0.3) is 0 Å².